The molecule has 1 aromatic heterocycles. The summed E-state index contributed by atoms with van der Waals surface area (Å²) in [5.41, 5.74) is 0.304. The second-order valence-corrected chi connectivity index (χ2v) is 9.35. The van der Waals surface area contributed by atoms with Crippen LogP contribution in [0.25, 0.3) is 0 Å². The number of rotatable bonds is 7. The molecule has 1 aromatic carbocycles. The number of aliphatic hydroxyl groups excluding tert-OH is 1. The van der Waals surface area contributed by atoms with Gasteiger partial charge in [-0.2, -0.15) is 0 Å². The molecule has 0 bridgehead atoms. The number of esters is 1. The first-order valence-corrected chi connectivity index (χ1v) is 11.6. The van der Waals surface area contributed by atoms with Crippen LogP contribution in [0.5, 0.6) is 5.75 Å². The molecule has 2 heterocycles. The minimum absolute atomic E-state index is 0.00727. The van der Waals surface area contributed by atoms with E-state index in [9.17, 15) is 20.0 Å². The number of nitro groups is 1. The SMILES string of the molecule is CC(C)OC(=O)c1csc([C@H]2CC[C@@H]3[C@@H](COc4ccc([N+](=O)[O-])cc4)[C@H](O)C[C@@H]3O2)n1. The normalized spacial score (nSPS) is 27.2. The number of carbonyl (C=O) groups is 1. The number of nitrogens with zero attached hydrogens (tertiary/aromatic N) is 2. The average molecular weight is 463 g/mol. The van der Waals surface area contributed by atoms with Gasteiger partial charge >= 0.3 is 5.97 Å². The lowest BCUT2D eigenvalue weighted by atomic mass is 9.87. The van der Waals surface area contributed by atoms with Crippen molar-refractivity contribution in [1.82, 2.24) is 4.98 Å². The van der Waals surface area contributed by atoms with E-state index in [0.717, 1.165) is 17.8 Å². The van der Waals surface area contributed by atoms with Gasteiger partial charge in [0.15, 0.2) is 5.69 Å². The number of benzene rings is 1. The van der Waals surface area contributed by atoms with Crippen molar-refractivity contribution in [2.45, 2.75) is 57.5 Å². The molecule has 10 heteroatoms. The fraction of sp³-hybridized carbons (Fsp3) is 0.545. The molecule has 0 unspecified atom stereocenters. The molecule has 1 aliphatic carbocycles. The summed E-state index contributed by atoms with van der Waals surface area (Å²) in [6.45, 7) is 3.90. The number of fused-ring (bicyclic) bond motifs is 1. The Morgan fingerprint density at radius 2 is 2.09 bits per heavy atom. The second-order valence-electron chi connectivity index (χ2n) is 8.46. The topological polar surface area (TPSA) is 121 Å². The fourth-order valence-electron chi connectivity index (χ4n) is 4.40. The van der Waals surface area contributed by atoms with Crippen molar-refractivity contribution in [2.24, 2.45) is 11.8 Å². The monoisotopic (exact) mass is 462 g/mol. The molecular formula is C22H26N2O7S. The van der Waals surface area contributed by atoms with Gasteiger partial charge in [0.25, 0.3) is 5.69 Å². The van der Waals surface area contributed by atoms with Crippen molar-refractivity contribution in [3.8, 4) is 5.75 Å². The van der Waals surface area contributed by atoms with Gasteiger partial charge in [0, 0.05) is 29.9 Å². The summed E-state index contributed by atoms with van der Waals surface area (Å²) in [5, 5.41) is 23.8. The Bertz CT molecular complexity index is 961. The molecule has 32 heavy (non-hydrogen) atoms. The van der Waals surface area contributed by atoms with E-state index in [1.54, 1.807) is 31.4 Å². The van der Waals surface area contributed by atoms with Gasteiger partial charge in [-0.25, -0.2) is 9.78 Å². The molecule has 1 saturated carbocycles. The summed E-state index contributed by atoms with van der Waals surface area (Å²) < 4.78 is 17.3. The van der Waals surface area contributed by atoms with Crippen LogP contribution in [0.3, 0.4) is 0 Å². The van der Waals surface area contributed by atoms with Gasteiger partial charge in [0.05, 0.1) is 29.8 Å². The van der Waals surface area contributed by atoms with Gasteiger partial charge in [-0.05, 0) is 44.7 Å². The summed E-state index contributed by atoms with van der Waals surface area (Å²) >= 11 is 1.39. The van der Waals surface area contributed by atoms with E-state index in [1.165, 1.54) is 23.5 Å². The Balaban J connectivity index is 1.34. The lowest BCUT2D eigenvalue weighted by Crippen LogP contribution is -2.33. The van der Waals surface area contributed by atoms with E-state index in [4.69, 9.17) is 14.2 Å². The highest BCUT2D eigenvalue weighted by molar-refractivity contribution is 7.09. The molecule has 2 aliphatic rings. The molecule has 0 radical (unpaired) electrons. The zero-order valence-corrected chi connectivity index (χ0v) is 18.7. The maximum Gasteiger partial charge on any atom is 0.358 e. The molecule has 2 fully saturated rings. The number of non-ortho nitro benzene ring substituents is 1. The third-order valence-electron chi connectivity index (χ3n) is 5.94. The number of hydrogen-bond acceptors (Lipinski definition) is 9. The van der Waals surface area contributed by atoms with Crippen molar-refractivity contribution in [3.05, 3.63) is 50.5 Å². The highest BCUT2D eigenvalue weighted by Gasteiger charge is 2.47. The number of carbonyl (C=O) groups excluding carboxylic acids is 1. The van der Waals surface area contributed by atoms with Crippen LogP contribution in [-0.4, -0.2) is 45.9 Å². The van der Waals surface area contributed by atoms with Gasteiger partial charge in [0.1, 0.15) is 16.9 Å². The van der Waals surface area contributed by atoms with Crippen molar-refractivity contribution in [1.29, 1.82) is 0 Å². The first-order valence-electron chi connectivity index (χ1n) is 10.7. The summed E-state index contributed by atoms with van der Waals surface area (Å²) in [4.78, 5) is 26.8. The molecule has 9 nitrogen and oxygen atoms in total. The van der Waals surface area contributed by atoms with E-state index in [-0.39, 0.29) is 35.8 Å². The van der Waals surface area contributed by atoms with Crippen molar-refractivity contribution in [2.75, 3.05) is 6.61 Å². The molecule has 172 valence electrons. The highest BCUT2D eigenvalue weighted by Crippen LogP contribution is 2.46. The third kappa shape index (κ3) is 4.92. The van der Waals surface area contributed by atoms with Crippen molar-refractivity contribution < 1.29 is 29.0 Å². The molecule has 0 amide bonds. The van der Waals surface area contributed by atoms with Crippen LogP contribution in [0, 0.1) is 22.0 Å². The summed E-state index contributed by atoms with van der Waals surface area (Å²) in [5.74, 6) is 0.175. The Morgan fingerprint density at radius 3 is 2.78 bits per heavy atom. The first kappa shape index (κ1) is 22.6. The van der Waals surface area contributed by atoms with Crippen molar-refractivity contribution in [3.63, 3.8) is 0 Å². The second kappa shape index (κ2) is 9.51. The number of hydrogen-bond donors (Lipinski definition) is 1. The van der Waals surface area contributed by atoms with Crippen LogP contribution in [0.15, 0.2) is 29.6 Å². The minimum atomic E-state index is -0.547. The van der Waals surface area contributed by atoms with E-state index < -0.39 is 17.0 Å². The van der Waals surface area contributed by atoms with E-state index >= 15 is 0 Å². The predicted octanol–water partition coefficient (Wildman–Crippen LogP) is 3.91. The number of aliphatic hydroxyl groups is 1. The Kier molecular flexibility index (Phi) is 6.73. The maximum atomic E-state index is 12.1. The quantitative estimate of drug-likeness (QED) is 0.373. The number of nitro benzene ring substituents is 1. The van der Waals surface area contributed by atoms with Crippen molar-refractivity contribution >= 4 is 23.0 Å². The highest BCUT2D eigenvalue weighted by atomic mass is 32.1. The van der Waals surface area contributed by atoms with Crippen LogP contribution in [0.1, 0.15) is 54.7 Å². The van der Waals surface area contributed by atoms with E-state index in [1.807, 2.05) is 0 Å². The van der Waals surface area contributed by atoms with Gasteiger partial charge in [-0.15, -0.1) is 11.3 Å². The molecule has 1 saturated heterocycles. The van der Waals surface area contributed by atoms with Gasteiger partial charge < -0.3 is 19.3 Å². The lowest BCUT2D eigenvalue weighted by Gasteiger charge is -2.33. The molecule has 5 atom stereocenters. The van der Waals surface area contributed by atoms with Crippen LogP contribution in [0.2, 0.25) is 0 Å². The Labute approximate surface area is 189 Å². The zero-order valence-electron chi connectivity index (χ0n) is 17.9. The van der Waals surface area contributed by atoms with Crippen LogP contribution < -0.4 is 4.74 Å². The smallest absolute Gasteiger partial charge is 0.358 e. The Hall–Kier alpha value is -2.56. The predicted molar refractivity (Wildman–Crippen MR) is 116 cm³/mol. The van der Waals surface area contributed by atoms with Gasteiger partial charge in [-0.1, -0.05) is 0 Å². The summed E-state index contributed by atoms with van der Waals surface area (Å²) in [6, 6.07) is 5.93. The van der Waals surface area contributed by atoms with E-state index in [0.29, 0.717) is 24.5 Å². The van der Waals surface area contributed by atoms with Crippen LogP contribution >= 0.6 is 11.3 Å². The van der Waals surface area contributed by atoms with Gasteiger partial charge in [0.2, 0.25) is 0 Å². The third-order valence-corrected chi connectivity index (χ3v) is 6.87. The van der Waals surface area contributed by atoms with E-state index in [2.05, 4.69) is 4.98 Å². The molecule has 0 spiro atoms. The van der Waals surface area contributed by atoms with Gasteiger partial charge in [-0.3, -0.25) is 10.1 Å². The van der Waals surface area contributed by atoms with Crippen LogP contribution in [0.4, 0.5) is 5.69 Å². The summed E-state index contributed by atoms with van der Waals surface area (Å²) in [6.07, 6.45) is 1.05. The molecular weight excluding hydrogens is 436 g/mol. The van der Waals surface area contributed by atoms with Crippen LogP contribution in [-0.2, 0) is 9.47 Å². The lowest BCUT2D eigenvalue weighted by molar-refractivity contribution is -0.384. The molecule has 1 aliphatic heterocycles. The molecule has 2 aromatic rings. The number of aromatic nitrogens is 1. The Morgan fingerprint density at radius 1 is 1.34 bits per heavy atom. The first-order chi connectivity index (χ1) is 15.3. The molecule has 1 N–H and O–H groups in total. The molecule has 4 rings (SSSR count). The average Bonchev–Trinajstić information content (AvgIpc) is 3.36. The zero-order chi connectivity index (χ0) is 22.8. The standard InChI is InChI=1S/C22H26N2O7S/c1-12(2)30-22(26)17-11-32-21(23-17)19-8-7-15-16(18(25)9-20(15)31-19)10-29-14-5-3-13(4-6-14)24(27)28/h3-6,11-12,15-16,18-20,25H,7-10H2,1-2H3/t15-,16-,18-,19-,20+/m1/s1. The maximum absolute atomic E-state index is 12.1. The number of ether oxygens (including phenoxy) is 3. The largest absolute Gasteiger partial charge is 0.493 e. The minimum Gasteiger partial charge on any atom is -0.493 e. The summed E-state index contributed by atoms with van der Waals surface area (Å²) in [7, 11) is 0. The fourth-order valence-corrected chi connectivity index (χ4v) is 5.26. The number of thiazole rings is 1.